The van der Waals surface area contributed by atoms with Crippen LogP contribution in [0.4, 0.5) is 0 Å². The van der Waals surface area contributed by atoms with Crippen LogP contribution in [-0.4, -0.2) is 17.1 Å². The Kier molecular flexibility index (Phi) is 5.69. The number of nitrogens with zero attached hydrogens (tertiary/aromatic N) is 2. The van der Waals surface area contributed by atoms with Crippen LogP contribution in [0.2, 0.25) is 0 Å². The first kappa shape index (κ1) is 17.0. The molecule has 0 aliphatic heterocycles. The molecule has 5 heteroatoms. The highest BCUT2D eigenvalue weighted by atomic mass is 32.1. The molecule has 1 N–H and O–H groups in total. The quantitative estimate of drug-likeness (QED) is 0.534. The van der Waals surface area contributed by atoms with Crippen molar-refractivity contribution in [1.82, 2.24) is 10.4 Å². The number of rotatable bonds is 6. The summed E-state index contributed by atoms with van der Waals surface area (Å²) in [7, 11) is 0. The Morgan fingerprint density at radius 3 is 2.56 bits per heavy atom. The smallest absolute Gasteiger partial charge is 0.246 e. The lowest BCUT2D eigenvalue weighted by Crippen LogP contribution is -2.20. The molecule has 1 atom stereocenters. The maximum atomic E-state index is 12.0. The maximum absolute atomic E-state index is 12.0. The molecule has 2 aromatic carbocycles. The summed E-state index contributed by atoms with van der Waals surface area (Å²) in [6.07, 6.45) is 1.97. The van der Waals surface area contributed by atoms with Crippen LogP contribution in [0.3, 0.4) is 0 Å². The van der Waals surface area contributed by atoms with E-state index in [1.165, 1.54) is 11.3 Å². The molecule has 0 bridgehead atoms. The predicted molar refractivity (Wildman–Crippen MR) is 103 cm³/mol. The molecule has 1 amide bonds. The van der Waals surface area contributed by atoms with Crippen molar-refractivity contribution in [2.24, 2.45) is 5.10 Å². The fourth-order valence-corrected chi connectivity index (χ4v) is 3.18. The minimum atomic E-state index is -0.162. The van der Waals surface area contributed by atoms with Gasteiger partial charge in [0.25, 0.3) is 0 Å². The van der Waals surface area contributed by atoms with Gasteiger partial charge in [0.1, 0.15) is 5.01 Å². The normalized spacial score (nSPS) is 12.2. The highest BCUT2D eigenvalue weighted by Crippen LogP contribution is 2.21. The molecule has 126 valence electrons. The average molecular weight is 349 g/mol. The summed E-state index contributed by atoms with van der Waals surface area (Å²) in [5, 5.41) is 6.81. The molecule has 0 unspecified atom stereocenters. The molecule has 0 saturated heterocycles. The minimum Gasteiger partial charge on any atom is -0.273 e. The SMILES string of the molecule is C[C@H](/C=N\NC(=O)Cc1nc(-c2ccccc2)cs1)c1ccccc1. The molecule has 4 nitrogen and oxygen atoms in total. The van der Waals surface area contributed by atoms with Gasteiger partial charge in [0.2, 0.25) is 5.91 Å². The molecule has 1 aromatic heterocycles. The van der Waals surface area contributed by atoms with Crippen LogP contribution in [0.15, 0.2) is 71.1 Å². The Labute approximate surface area is 151 Å². The zero-order chi connectivity index (χ0) is 17.5. The number of hydrazone groups is 1. The summed E-state index contributed by atoms with van der Waals surface area (Å²) < 4.78 is 0. The lowest BCUT2D eigenvalue weighted by molar-refractivity contribution is -0.120. The van der Waals surface area contributed by atoms with Crippen LogP contribution in [0.5, 0.6) is 0 Å². The van der Waals surface area contributed by atoms with Crippen molar-refractivity contribution in [2.45, 2.75) is 19.3 Å². The van der Waals surface area contributed by atoms with E-state index in [0.29, 0.717) is 0 Å². The van der Waals surface area contributed by atoms with E-state index in [0.717, 1.165) is 21.8 Å². The Morgan fingerprint density at radius 2 is 1.84 bits per heavy atom. The van der Waals surface area contributed by atoms with Gasteiger partial charge in [0.05, 0.1) is 12.1 Å². The molecule has 0 saturated carbocycles. The van der Waals surface area contributed by atoms with Crippen LogP contribution in [0.25, 0.3) is 11.3 Å². The van der Waals surface area contributed by atoms with Crippen LogP contribution in [-0.2, 0) is 11.2 Å². The van der Waals surface area contributed by atoms with Gasteiger partial charge in [-0.25, -0.2) is 10.4 Å². The van der Waals surface area contributed by atoms with E-state index < -0.39 is 0 Å². The zero-order valence-corrected chi connectivity index (χ0v) is 14.7. The van der Waals surface area contributed by atoms with Gasteiger partial charge in [-0.15, -0.1) is 11.3 Å². The largest absolute Gasteiger partial charge is 0.273 e. The number of amides is 1. The molecule has 3 aromatic rings. The van der Waals surface area contributed by atoms with Gasteiger partial charge in [-0.1, -0.05) is 67.6 Å². The third kappa shape index (κ3) is 4.84. The molecule has 0 radical (unpaired) electrons. The summed E-state index contributed by atoms with van der Waals surface area (Å²) >= 11 is 1.49. The van der Waals surface area contributed by atoms with E-state index in [1.807, 2.05) is 73.0 Å². The fraction of sp³-hybridized carbons (Fsp3) is 0.150. The van der Waals surface area contributed by atoms with Crippen LogP contribution < -0.4 is 5.43 Å². The summed E-state index contributed by atoms with van der Waals surface area (Å²) in [6, 6.07) is 20.0. The first-order chi connectivity index (χ1) is 12.2. The van der Waals surface area contributed by atoms with E-state index in [1.54, 1.807) is 6.21 Å². The van der Waals surface area contributed by atoms with Gasteiger partial charge in [-0.3, -0.25) is 4.79 Å². The second-order valence-electron chi connectivity index (χ2n) is 5.68. The molecule has 0 spiro atoms. The Hall–Kier alpha value is -2.79. The lowest BCUT2D eigenvalue weighted by Gasteiger charge is -2.05. The van der Waals surface area contributed by atoms with Gasteiger partial charge in [0.15, 0.2) is 0 Å². The highest BCUT2D eigenvalue weighted by Gasteiger charge is 2.09. The molecular formula is C20H19N3OS. The van der Waals surface area contributed by atoms with Crippen molar-refractivity contribution in [3.8, 4) is 11.3 Å². The minimum absolute atomic E-state index is 0.144. The highest BCUT2D eigenvalue weighted by molar-refractivity contribution is 7.10. The summed E-state index contributed by atoms with van der Waals surface area (Å²) in [6.45, 7) is 2.04. The number of carbonyl (C=O) groups excluding carboxylic acids is 1. The van der Waals surface area contributed by atoms with E-state index in [4.69, 9.17) is 0 Å². The molecule has 0 aliphatic rings. The van der Waals surface area contributed by atoms with Crippen molar-refractivity contribution in [2.75, 3.05) is 0 Å². The molecule has 25 heavy (non-hydrogen) atoms. The van der Waals surface area contributed by atoms with Crippen molar-refractivity contribution >= 4 is 23.5 Å². The van der Waals surface area contributed by atoms with Crippen molar-refractivity contribution in [3.05, 3.63) is 76.6 Å². The third-order valence-electron chi connectivity index (χ3n) is 3.75. The number of hydrogen-bond donors (Lipinski definition) is 1. The fourth-order valence-electron chi connectivity index (χ4n) is 2.37. The number of carbonyl (C=O) groups is 1. The first-order valence-electron chi connectivity index (χ1n) is 8.09. The molecule has 0 fully saturated rings. The van der Waals surface area contributed by atoms with Gasteiger partial charge in [-0.05, 0) is 5.56 Å². The Morgan fingerprint density at radius 1 is 1.16 bits per heavy atom. The van der Waals surface area contributed by atoms with E-state index in [2.05, 4.69) is 15.5 Å². The van der Waals surface area contributed by atoms with Crippen LogP contribution in [0.1, 0.15) is 23.4 Å². The lowest BCUT2D eigenvalue weighted by atomic mass is 10.0. The first-order valence-corrected chi connectivity index (χ1v) is 8.97. The monoisotopic (exact) mass is 349 g/mol. The van der Waals surface area contributed by atoms with Gasteiger partial charge in [0, 0.05) is 23.1 Å². The van der Waals surface area contributed by atoms with Gasteiger partial charge in [-0.2, -0.15) is 5.10 Å². The number of hydrogen-bond acceptors (Lipinski definition) is 4. The van der Waals surface area contributed by atoms with Gasteiger partial charge < -0.3 is 0 Å². The standard InChI is InChI=1S/C20H19N3OS/c1-15(16-8-4-2-5-9-16)13-21-23-19(24)12-20-22-18(14-25-20)17-10-6-3-7-11-17/h2-11,13-15H,12H2,1H3,(H,23,24)/b21-13-/t15-/m1/s1. The molecule has 1 heterocycles. The van der Waals surface area contributed by atoms with Crippen molar-refractivity contribution < 1.29 is 4.79 Å². The molecule has 0 aliphatic carbocycles. The zero-order valence-electron chi connectivity index (χ0n) is 13.9. The molecular weight excluding hydrogens is 330 g/mol. The van der Waals surface area contributed by atoms with Gasteiger partial charge >= 0.3 is 0 Å². The average Bonchev–Trinajstić information content (AvgIpc) is 3.11. The number of aromatic nitrogens is 1. The second kappa shape index (κ2) is 8.35. The molecule has 3 rings (SSSR count). The van der Waals surface area contributed by atoms with E-state index in [9.17, 15) is 4.79 Å². The van der Waals surface area contributed by atoms with Crippen molar-refractivity contribution in [1.29, 1.82) is 0 Å². The number of nitrogens with one attached hydrogen (secondary N) is 1. The van der Waals surface area contributed by atoms with E-state index >= 15 is 0 Å². The topological polar surface area (TPSA) is 54.4 Å². The third-order valence-corrected chi connectivity index (χ3v) is 4.59. The predicted octanol–water partition coefficient (Wildman–Crippen LogP) is 4.26. The summed E-state index contributed by atoms with van der Waals surface area (Å²) in [5.74, 6) is -0.0171. The van der Waals surface area contributed by atoms with Crippen LogP contribution in [0, 0.1) is 0 Å². The number of thiazole rings is 1. The summed E-state index contributed by atoms with van der Waals surface area (Å²) in [5.41, 5.74) is 5.69. The van der Waals surface area contributed by atoms with Crippen LogP contribution >= 0.6 is 11.3 Å². The Balaban J connectivity index is 1.53. The van der Waals surface area contributed by atoms with E-state index in [-0.39, 0.29) is 18.2 Å². The Bertz CT molecular complexity index is 844. The second-order valence-corrected chi connectivity index (χ2v) is 6.62. The number of benzene rings is 2. The maximum Gasteiger partial charge on any atom is 0.246 e. The summed E-state index contributed by atoms with van der Waals surface area (Å²) in [4.78, 5) is 16.5. The van der Waals surface area contributed by atoms with Crippen molar-refractivity contribution in [3.63, 3.8) is 0 Å².